The average molecular weight is 398 g/mol. The molecule has 1 aromatic heterocycles. The molecule has 0 radical (unpaired) electrons. The van der Waals surface area contributed by atoms with E-state index in [0.29, 0.717) is 0 Å². The van der Waals surface area contributed by atoms with Gasteiger partial charge in [-0.25, -0.2) is 0 Å². The van der Waals surface area contributed by atoms with Crippen LogP contribution in [0.1, 0.15) is 16.8 Å². The van der Waals surface area contributed by atoms with E-state index < -0.39 is 0 Å². The van der Waals surface area contributed by atoms with Gasteiger partial charge in [0.15, 0.2) is 0 Å². The first-order chi connectivity index (χ1) is 14.3. The summed E-state index contributed by atoms with van der Waals surface area (Å²) in [7, 11) is 0. The molecule has 0 saturated carbocycles. The Morgan fingerprint density at radius 2 is 1.34 bits per heavy atom. The number of hydrogen-bond acceptors (Lipinski definition) is 0. The van der Waals surface area contributed by atoms with E-state index in [4.69, 9.17) is 11.6 Å². The van der Waals surface area contributed by atoms with Gasteiger partial charge in [-0.3, -0.25) is 0 Å². The molecule has 1 aliphatic heterocycles. The van der Waals surface area contributed by atoms with Gasteiger partial charge >= 0.3 is 0 Å². The van der Waals surface area contributed by atoms with Crippen LogP contribution in [0.3, 0.4) is 0 Å². The molecule has 0 bridgehead atoms. The summed E-state index contributed by atoms with van der Waals surface area (Å²) in [6, 6.07) is 25.8. The van der Waals surface area contributed by atoms with Crippen LogP contribution < -0.4 is 4.90 Å². The maximum absolute atomic E-state index is 6.79. The van der Waals surface area contributed by atoms with Crippen molar-refractivity contribution in [2.24, 2.45) is 0 Å². The molecule has 0 amide bonds. The van der Waals surface area contributed by atoms with Crippen molar-refractivity contribution >= 4 is 44.0 Å². The number of fused-ring (bicyclic) bond motifs is 5. The van der Waals surface area contributed by atoms with E-state index in [9.17, 15) is 0 Å². The van der Waals surface area contributed by atoms with Crippen LogP contribution in [0.25, 0.3) is 32.4 Å². The number of quaternary nitrogens is 1. The Kier molecular flexibility index (Phi) is 3.90. The summed E-state index contributed by atoms with van der Waals surface area (Å²) >= 11 is 6.79. The SMILES string of the molecule is Clc1c2ccccc2c(C[NH+]2CCc3c([nH]c4ccccc34)C2)c2ccccc12. The summed E-state index contributed by atoms with van der Waals surface area (Å²) in [5.41, 5.74) is 5.58. The molecule has 1 atom stereocenters. The van der Waals surface area contributed by atoms with Crippen LogP contribution in [0.2, 0.25) is 5.02 Å². The highest BCUT2D eigenvalue weighted by atomic mass is 35.5. The van der Waals surface area contributed by atoms with Crippen LogP contribution in [0.15, 0.2) is 72.8 Å². The molecular formula is C26H22ClN2+. The topological polar surface area (TPSA) is 20.2 Å². The molecule has 4 aromatic carbocycles. The Morgan fingerprint density at radius 1 is 0.759 bits per heavy atom. The number of nitrogens with one attached hydrogen (secondary N) is 2. The minimum Gasteiger partial charge on any atom is -0.354 e. The normalized spacial score (nSPS) is 16.5. The fraction of sp³-hybridized carbons (Fsp3) is 0.154. The van der Waals surface area contributed by atoms with Crippen molar-refractivity contribution in [3.63, 3.8) is 0 Å². The molecule has 0 spiro atoms. The van der Waals surface area contributed by atoms with Gasteiger partial charge in [0.2, 0.25) is 0 Å². The molecule has 2 nitrogen and oxygen atoms in total. The third kappa shape index (κ3) is 2.67. The minimum absolute atomic E-state index is 0.867. The third-order valence-electron chi connectivity index (χ3n) is 6.46. The molecule has 142 valence electrons. The molecule has 2 N–H and O–H groups in total. The van der Waals surface area contributed by atoms with Gasteiger partial charge in [-0.15, -0.1) is 0 Å². The summed E-state index contributed by atoms with van der Waals surface area (Å²) < 4.78 is 0. The van der Waals surface area contributed by atoms with Gasteiger partial charge in [-0.05, 0) is 22.4 Å². The van der Waals surface area contributed by atoms with Crippen molar-refractivity contribution in [3.8, 4) is 0 Å². The van der Waals surface area contributed by atoms with Crippen LogP contribution in [0, 0.1) is 0 Å². The van der Waals surface area contributed by atoms with Crippen molar-refractivity contribution in [1.82, 2.24) is 4.98 Å². The molecule has 0 saturated heterocycles. The van der Waals surface area contributed by atoms with E-state index in [1.54, 1.807) is 4.90 Å². The van der Waals surface area contributed by atoms with Crippen LogP contribution in [0.4, 0.5) is 0 Å². The van der Waals surface area contributed by atoms with Gasteiger partial charge < -0.3 is 9.88 Å². The maximum atomic E-state index is 6.79. The molecule has 2 heterocycles. The first-order valence-corrected chi connectivity index (χ1v) is 10.7. The molecule has 3 heteroatoms. The number of halogens is 1. The first-order valence-electron chi connectivity index (χ1n) is 10.3. The van der Waals surface area contributed by atoms with Crippen LogP contribution in [0.5, 0.6) is 0 Å². The number of H-pyrrole nitrogens is 1. The van der Waals surface area contributed by atoms with E-state index >= 15 is 0 Å². The molecule has 5 aromatic rings. The van der Waals surface area contributed by atoms with Crippen molar-refractivity contribution in [1.29, 1.82) is 0 Å². The van der Waals surface area contributed by atoms with E-state index in [-0.39, 0.29) is 0 Å². The molecule has 1 unspecified atom stereocenters. The lowest BCUT2D eigenvalue weighted by atomic mass is 9.95. The number of aromatic nitrogens is 1. The summed E-state index contributed by atoms with van der Waals surface area (Å²) in [6.45, 7) is 3.20. The third-order valence-corrected chi connectivity index (χ3v) is 6.87. The first kappa shape index (κ1) is 17.1. The van der Waals surface area contributed by atoms with Gasteiger partial charge in [0.1, 0.15) is 13.1 Å². The summed E-state index contributed by atoms with van der Waals surface area (Å²) in [6.07, 6.45) is 1.12. The summed E-state index contributed by atoms with van der Waals surface area (Å²) in [5.74, 6) is 0. The Balaban J connectivity index is 1.45. The van der Waals surface area contributed by atoms with Gasteiger partial charge in [-0.1, -0.05) is 78.3 Å². The quantitative estimate of drug-likeness (QED) is 0.378. The van der Waals surface area contributed by atoms with Crippen molar-refractivity contribution in [3.05, 3.63) is 94.6 Å². The fourth-order valence-corrected chi connectivity index (χ4v) is 5.42. The lowest BCUT2D eigenvalue weighted by Gasteiger charge is -2.25. The minimum atomic E-state index is 0.867. The fourth-order valence-electron chi connectivity index (χ4n) is 5.09. The number of rotatable bonds is 2. The van der Waals surface area contributed by atoms with Gasteiger partial charge in [0.25, 0.3) is 0 Å². The largest absolute Gasteiger partial charge is 0.354 e. The molecule has 0 fully saturated rings. The standard InChI is InChI=1S/C26H21ClN2/c27-26-21-10-3-1-7-17(21)23(18-8-2-4-11-22(18)26)15-29-14-13-20-19-9-5-6-12-24(19)28-25(20)16-29/h1-12,28H,13-16H2/p+1. The second-order valence-electron chi connectivity index (χ2n) is 8.11. The Bertz CT molecular complexity index is 1330. The highest BCUT2D eigenvalue weighted by Gasteiger charge is 2.25. The van der Waals surface area contributed by atoms with Crippen LogP contribution in [-0.4, -0.2) is 11.5 Å². The number of hydrogen-bond donors (Lipinski definition) is 2. The van der Waals surface area contributed by atoms with E-state index in [1.165, 1.54) is 38.5 Å². The Labute approximate surface area is 174 Å². The molecular weight excluding hydrogens is 376 g/mol. The highest BCUT2D eigenvalue weighted by molar-refractivity contribution is 6.41. The number of aromatic amines is 1. The highest BCUT2D eigenvalue weighted by Crippen LogP contribution is 2.36. The molecule has 1 aliphatic rings. The molecule has 29 heavy (non-hydrogen) atoms. The average Bonchev–Trinajstić information content (AvgIpc) is 3.14. The molecule has 0 aliphatic carbocycles. The predicted molar refractivity (Wildman–Crippen MR) is 122 cm³/mol. The zero-order chi connectivity index (χ0) is 19.4. The number of para-hydroxylation sites is 1. The smallest absolute Gasteiger partial charge is 0.118 e. The zero-order valence-electron chi connectivity index (χ0n) is 16.1. The van der Waals surface area contributed by atoms with Gasteiger partial charge in [0.05, 0.1) is 17.3 Å². The monoisotopic (exact) mass is 397 g/mol. The molecule has 6 rings (SSSR count). The van der Waals surface area contributed by atoms with Crippen LogP contribution >= 0.6 is 11.6 Å². The van der Waals surface area contributed by atoms with E-state index in [1.807, 2.05) is 0 Å². The van der Waals surface area contributed by atoms with Gasteiger partial charge in [-0.2, -0.15) is 0 Å². The summed E-state index contributed by atoms with van der Waals surface area (Å²) in [4.78, 5) is 5.27. The predicted octanol–water partition coefficient (Wildman–Crippen LogP) is 5.27. The van der Waals surface area contributed by atoms with Crippen molar-refractivity contribution < 1.29 is 4.90 Å². The lowest BCUT2D eigenvalue weighted by Crippen LogP contribution is -3.10. The van der Waals surface area contributed by atoms with E-state index in [0.717, 1.165) is 41.9 Å². The Hall–Kier alpha value is -2.81. The van der Waals surface area contributed by atoms with Crippen molar-refractivity contribution in [2.75, 3.05) is 6.54 Å². The zero-order valence-corrected chi connectivity index (χ0v) is 16.9. The second-order valence-corrected chi connectivity index (χ2v) is 8.49. The second kappa shape index (κ2) is 6.62. The lowest BCUT2D eigenvalue weighted by molar-refractivity contribution is -0.929. The van der Waals surface area contributed by atoms with Crippen molar-refractivity contribution in [2.45, 2.75) is 19.5 Å². The maximum Gasteiger partial charge on any atom is 0.118 e. The Morgan fingerprint density at radius 3 is 2.03 bits per heavy atom. The van der Waals surface area contributed by atoms with Gasteiger partial charge in [0, 0.05) is 33.7 Å². The van der Waals surface area contributed by atoms with E-state index in [2.05, 4.69) is 77.8 Å². The summed E-state index contributed by atoms with van der Waals surface area (Å²) in [5, 5.41) is 7.14. The number of benzene rings is 4. The van der Waals surface area contributed by atoms with Crippen LogP contribution in [-0.2, 0) is 19.5 Å².